The molecule has 2 saturated heterocycles. The van der Waals surface area contributed by atoms with E-state index >= 15 is 0 Å². The van der Waals surface area contributed by atoms with Crippen LogP contribution >= 0.6 is 22.7 Å². The van der Waals surface area contributed by atoms with E-state index in [2.05, 4.69) is 37.0 Å². The number of carbonyl (C=O) groups is 2. The number of carbonyl (C=O) groups excluding carboxylic acids is 1. The number of aliphatic carboxylic acids is 1. The van der Waals surface area contributed by atoms with Gasteiger partial charge in [0, 0.05) is 55.1 Å². The molecule has 0 aromatic carbocycles. The first-order valence-corrected chi connectivity index (χ1v) is 15.4. The van der Waals surface area contributed by atoms with E-state index in [1.165, 1.54) is 23.7 Å². The average molecular weight is 624 g/mol. The Bertz CT molecular complexity index is 1410. The molecule has 5 rings (SSSR count). The number of alkyl halides is 3. The minimum absolute atomic E-state index is 0.0915. The highest BCUT2D eigenvalue weighted by Gasteiger charge is 2.33. The van der Waals surface area contributed by atoms with E-state index in [4.69, 9.17) is 5.11 Å². The van der Waals surface area contributed by atoms with E-state index in [9.17, 15) is 22.8 Å². The van der Waals surface area contributed by atoms with Crippen molar-refractivity contribution < 1.29 is 27.9 Å². The molecule has 0 aliphatic carbocycles. The van der Waals surface area contributed by atoms with Crippen LogP contribution in [0.3, 0.4) is 0 Å². The second kappa shape index (κ2) is 12.6. The highest BCUT2D eigenvalue weighted by atomic mass is 32.1. The van der Waals surface area contributed by atoms with Crippen LogP contribution in [0.5, 0.6) is 0 Å². The third-order valence-electron chi connectivity index (χ3n) is 7.69. The predicted octanol–water partition coefficient (Wildman–Crippen LogP) is 4.90. The summed E-state index contributed by atoms with van der Waals surface area (Å²) in [4.78, 5) is 44.9. The van der Waals surface area contributed by atoms with Crippen molar-refractivity contribution in [2.24, 2.45) is 0 Å². The standard InChI is InChI=1S/C27H32F3N7O3S2/c1-16-4-3-6-36(16)14-21-24(20-10-18(15-41-20)27(28,29)30)33-26(42-21)34-25(40)19-11-32-22(12-31-19)37-9-8-35(17(2)13-37)7-5-23(38)39/h10-12,15-17H,3-9,13-14H2,1-2H3,(H,38,39)(H,33,34,40)/t16?,17-/m1/s1. The fourth-order valence-electron chi connectivity index (χ4n) is 5.26. The molecule has 226 valence electrons. The van der Waals surface area contributed by atoms with Crippen LogP contribution in [-0.2, 0) is 17.5 Å². The summed E-state index contributed by atoms with van der Waals surface area (Å²) in [6.07, 6.45) is 0.694. The van der Waals surface area contributed by atoms with Crippen LogP contribution in [0.1, 0.15) is 54.0 Å². The molecule has 2 aliphatic rings. The Balaban J connectivity index is 1.28. The topological polar surface area (TPSA) is 115 Å². The zero-order chi connectivity index (χ0) is 30.0. The zero-order valence-corrected chi connectivity index (χ0v) is 24.9. The molecule has 0 radical (unpaired) electrons. The van der Waals surface area contributed by atoms with E-state index in [1.54, 1.807) is 0 Å². The fraction of sp³-hybridized carbons (Fsp3) is 0.519. The molecule has 0 bridgehead atoms. The molecule has 10 nitrogen and oxygen atoms in total. The number of thiazole rings is 1. The number of nitrogens with zero attached hydrogens (tertiary/aromatic N) is 6. The Morgan fingerprint density at radius 3 is 2.55 bits per heavy atom. The first-order chi connectivity index (χ1) is 20.0. The van der Waals surface area contributed by atoms with E-state index in [1.807, 2.05) is 11.8 Å². The molecule has 3 aromatic heterocycles. The molecular formula is C27H32F3N7O3S2. The molecule has 3 aromatic rings. The van der Waals surface area contributed by atoms with Crippen LogP contribution in [0, 0.1) is 0 Å². The smallest absolute Gasteiger partial charge is 0.417 e. The number of carboxylic acid groups (broad SMARTS) is 1. The summed E-state index contributed by atoms with van der Waals surface area (Å²) in [5.41, 5.74) is -0.171. The van der Waals surface area contributed by atoms with E-state index < -0.39 is 23.6 Å². The van der Waals surface area contributed by atoms with E-state index in [0.717, 1.165) is 47.0 Å². The van der Waals surface area contributed by atoms with Crippen molar-refractivity contribution >= 4 is 45.5 Å². The first-order valence-electron chi connectivity index (χ1n) is 13.7. The van der Waals surface area contributed by atoms with Gasteiger partial charge in [0.15, 0.2) is 5.13 Å². The van der Waals surface area contributed by atoms with Gasteiger partial charge < -0.3 is 10.0 Å². The van der Waals surface area contributed by atoms with E-state index in [-0.39, 0.29) is 23.3 Å². The first kappa shape index (κ1) is 30.3. The SMILES string of the molecule is CC1CCCN1Cc1sc(NC(=O)c2cnc(N3CCN(CCC(=O)O)[C@H](C)C3)cn2)nc1-c1cc(C(F)(F)F)cs1. The summed E-state index contributed by atoms with van der Waals surface area (Å²) in [5, 5.41) is 13.1. The molecule has 0 saturated carbocycles. The Morgan fingerprint density at radius 1 is 1.12 bits per heavy atom. The van der Waals surface area contributed by atoms with Gasteiger partial charge in [-0.15, -0.1) is 11.3 Å². The molecule has 5 heterocycles. The number of hydrogen-bond donors (Lipinski definition) is 2. The van der Waals surface area contributed by atoms with Gasteiger partial charge in [-0.1, -0.05) is 11.3 Å². The lowest BCUT2D eigenvalue weighted by Gasteiger charge is -2.40. The Morgan fingerprint density at radius 2 is 1.93 bits per heavy atom. The maximum Gasteiger partial charge on any atom is 0.417 e. The second-order valence-corrected chi connectivity index (χ2v) is 12.6. The number of hydrogen-bond acceptors (Lipinski definition) is 10. The number of halogens is 3. The quantitative estimate of drug-likeness (QED) is 0.344. The monoisotopic (exact) mass is 623 g/mol. The second-order valence-electron chi connectivity index (χ2n) is 10.6. The molecule has 2 N–H and O–H groups in total. The van der Waals surface area contributed by atoms with Gasteiger partial charge in [0.25, 0.3) is 5.91 Å². The molecule has 42 heavy (non-hydrogen) atoms. The number of thiophene rings is 1. The van der Waals surface area contributed by atoms with Gasteiger partial charge >= 0.3 is 12.1 Å². The Kier molecular flexibility index (Phi) is 9.11. The summed E-state index contributed by atoms with van der Waals surface area (Å²) in [5.74, 6) is -0.713. The molecule has 15 heteroatoms. The highest BCUT2D eigenvalue weighted by molar-refractivity contribution is 7.17. The maximum absolute atomic E-state index is 13.3. The van der Waals surface area contributed by atoms with Crippen molar-refractivity contribution in [3.8, 4) is 10.6 Å². The number of anilines is 2. The zero-order valence-electron chi connectivity index (χ0n) is 23.2. The van der Waals surface area contributed by atoms with Crippen molar-refractivity contribution in [3.63, 3.8) is 0 Å². The normalized spacial score (nSPS) is 20.3. The van der Waals surface area contributed by atoms with E-state index in [0.29, 0.717) is 55.2 Å². The summed E-state index contributed by atoms with van der Waals surface area (Å²) in [6, 6.07) is 1.60. The van der Waals surface area contributed by atoms with Crippen LogP contribution in [0.4, 0.5) is 24.1 Å². The van der Waals surface area contributed by atoms with Crippen LogP contribution in [0.2, 0.25) is 0 Å². The number of carboxylic acids is 1. The lowest BCUT2D eigenvalue weighted by Crippen LogP contribution is -2.52. The highest BCUT2D eigenvalue weighted by Crippen LogP contribution is 2.40. The van der Waals surface area contributed by atoms with Gasteiger partial charge in [-0.3, -0.25) is 24.7 Å². The van der Waals surface area contributed by atoms with Crippen LogP contribution < -0.4 is 10.2 Å². The largest absolute Gasteiger partial charge is 0.481 e. The summed E-state index contributed by atoms with van der Waals surface area (Å²) >= 11 is 2.24. The average Bonchev–Trinajstić information content (AvgIpc) is 3.68. The summed E-state index contributed by atoms with van der Waals surface area (Å²) < 4.78 is 39.9. The molecule has 1 amide bonds. The van der Waals surface area contributed by atoms with Gasteiger partial charge in [0.05, 0.1) is 34.9 Å². The summed E-state index contributed by atoms with van der Waals surface area (Å²) in [6.45, 7) is 8.09. The number of piperazine rings is 1. The van der Waals surface area contributed by atoms with Crippen molar-refractivity contribution in [3.05, 3.63) is 40.0 Å². The number of rotatable bonds is 9. The third-order valence-corrected chi connectivity index (χ3v) is 9.58. The number of nitrogens with one attached hydrogen (secondary N) is 1. The van der Waals surface area contributed by atoms with Gasteiger partial charge in [-0.05, 0) is 39.3 Å². The molecule has 2 aliphatic heterocycles. The van der Waals surface area contributed by atoms with Gasteiger partial charge in [-0.2, -0.15) is 13.2 Å². The molecule has 1 unspecified atom stereocenters. The molecule has 0 spiro atoms. The maximum atomic E-state index is 13.3. The van der Waals surface area contributed by atoms with Crippen molar-refractivity contribution in [2.75, 3.05) is 42.9 Å². The third kappa shape index (κ3) is 7.07. The van der Waals surface area contributed by atoms with Crippen LogP contribution in [0.25, 0.3) is 10.6 Å². The molecule has 2 atom stereocenters. The van der Waals surface area contributed by atoms with Crippen molar-refractivity contribution in [1.82, 2.24) is 24.8 Å². The predicted molar refractivity (Wildman–Crippen MR) is 155 cm³/mol. The van der Waals surface area contributed by atoms with Crippen LogP contribution in [-0.4, -0.2) is 86.5 Å². The number of amides is 1. The van der Waals surface area contributed by atoms with Crippen molar-refractivity contribution in [1.29, 1.82) is 0 Å². The molecule has 2 fully saturated rings. The summed E-state index contributed by atoms with van der Waals surface area (Å²) in [7, 11) is 0. The minimum atomic E-state index is -4.44. The molecular weight excluding hydrogens is 591 g/mol. The van der Waals surface area contributed by atoms with Gasteiger partial charge in [-0.25, -0.2) is 15.0 Å². The minimum Gasteiger partial charge on any atom is -0.481 e. The number of aromatic nitrogens is 3. The van der Waals surface area contributed by atoms with Gasteiger partial charge in [0.1, 0.15) is 11.5 Å². The van der Waals surface area contributed by atoms with Crippen molar-refractivity contribution in [2.45, 2.75) is 57.9 Å². The Labute approximate surface area is 249 Å². The lowest BCUT2D eigenvalue weighted by atomic mass is 10.2. The Hall–Kier alpha value is -3.14. The lowest BCUT2D eigenvalue weighted by molar-refractivity contribution is -0.138. The fourth-order valence-corrected chi connectivity index (χ4v) is 7.26. The van der Waals surface area contributed by atoms with Gasteiger partial charge in [0.2, 0.25) is 0 Å². The number of likely N-dealkylation sites (tertiary alicyclic amines) is 1. The van der Waals surface area contributed by atoms with Crippen LogP contribution in [0.15, 0.2) is 23.8 Å².